The van der Waals surface area contributed by atoms with Gasteiger partial charge in [0.1, 0.15) is 0 Å². The molecule has 0 aliphatic carbocycles. The average molecular weight is 374 g/mol. The van der Waals surface area contributed by atoms with Crippen LogP contribution >= 0.6 is 35.0 Å². The molecular weight excluding hydrogens is 361 g/mol. The second kappa shape index (κ2) is 6.42. The van der Waals surface area contributed by atoms with Crippen LogP contribution in [0, 0.1) is 0 Å². The molecule has 0 saturated carbocycles. The fraction of sp³-hybridized carbons (Fsp3) is 0.200. The molecule has 0 radical (unpaired) electrons. The molecule has 0 unspecified atom stereocenters. The second-order valence-electron chi connectivity index (χ2n) is 4.92. The maximum absolute atomic E-state index is 12.6. The van der Waals surface area contributed by atoms with Gasteiger partial charge in [0.2, 0.25) is 10.0 Å². The Morgan fingerprint density at radius 2 is 1.86 bits per heavy atom. The van der Waals surface area contributed by atoms with Crippen molar-refractivity contribution >= 4 is 45.0 Å². The SMILES string of the molecule is O=S(=O)(N[C@H]1CCSc2ccccc21)c1ccc(Cl)c(Cl)c1. The summed E-state index contributed by atoms with van der Waals surface area (Å²) in [6, 6.07) is 12.0. The molecule has 1 N–H and O–H groups in total. The van der Waals surface area contributed by atoms with Crippen LogP contribution in [0.25, 0.3) is 0 Å². The molecule has 3 rings (SSSR count). The van der Waals surface area contributed by atoms with E-state index in [1.807, 2.05) is 24.3 Å². The van der Waals surface area contributed by atoms with Crippen LogP contribution in [0.15, 0.2) is 52.3 Å². The molecule has 0 bridgehead atoms. The number of sulfonamides is 1. The van der Waals surface area contributed by atoms with Crippen molar-refractivity contribution in [2.75, 3.05) is 5.75 Å². The van der Waals surface area contributed by atoms with E-state index in [9.17, 15) is 8.42 Å². The number of halogens is 2. The maximum atomic E-state index is 12.6. The van der Waals surface area contributed by atoms with Crippen LogP contribution in [0.3, 0.4) is 0 Å². The van der Waals surface area contributed by atoms with Gasteiger partial charge in [-0.3, -0.25) is 0 Å². The van der Waals surface area contributed by atoms with Crippen LogP contribution in [0.4, 0.5) is 0 Å². The molecule has 0 spiro atoms. The standard InChI is InChI=1S/C15H13Cl2NO2S2/c16-12-6-5-10(9-13(12)17)22(19,20)18-14-7-8-21-15-4-2-1-3-11(14)15/h1-6,9,14,18H,7-8H2/t14-/m0/s1. The molecule has 1 aliphatic rings. The zero-order valence-electron chi connectivity index (χ0n) is 11.4. The molecule has 2 aromatic carbocycles. The summed E-state index contributed by atoms with van der Waals surface area (Å²) in [4.78, 5) is 1.24. The molecule has 0 saturated heterocycles. The van der Waals surface area contributed by atoms with Gasteiger partial charge in [-0.2, -0.15) is 0 Å². The zero-order valence-corrected chi connectivity index (χ0v) is 14.6. The summed E-state index contributed by atoms with van der Waals surface area (Å²) in [7, 11) is -3.64. The van der Waals surface area contributed by atoms with Crippen molar-refractivity contribution in [2.45, 2.75) is 22.3 Å². The molecule has 1 aliphatic heterocycles. The summed E-state index contributed by atoms with van der Waals surface area (Å²) < 4.78 is 27.9. The van der Waals surface area contributed by atoms with Crippen molar-refractivity contribution in [3.8, 4) is 0 Å². The summed E-state index contributed by atoms with van der Waals surface area (Å²) in [6.45, 7) is 0. The van der Waals surface area contributed by atoms with Crippen LogP contribution in [-0.4, -0.2) is 14.2 Å². The summed E-state index contributed by atoms with van der Waals surface area (Å²) in [6.07, 6.45) is 0.752. The van der Waals surface area contributed by atoms with Crippen molar-refractivity contribution in [1.29, 1.82) is 0 Å². The van der Waals surface area contributed by atoms with Gasteiger partial charge in [-0.15, -0.1) is 11.8 Å². The first-order chi connectivity index (χ1) is 10.5. The number of hydrogen-bond acceptors (Lipinski definition) is 3. The predicted octanol–water partition coefficient (Wildman–Crippen LogP) is 4.51. The van der Waals surface area contributed by atoms with Crippen LogP contribution < -0.4 is 4.72 Å². The lowest BCUT2D eigenvalue weighted by Crippen LogP contribution is -2.30. The topological polar surface area (TPSA) is 46.2 Å². The largest absolute Gasteiger partial charge is 0.241 e. The Hall–Kier alpha value is -0.720. The lowest BCUT2D eigenvalue weighted by Gasteiger charge is -2.25. The Bertz CT molecular complexity index is 809. The van der Waals surface area contributed by atoms with Crippen LogP contribution in [0.2, 0.25) is 10.0 Å². The predicted molar refractivity (Wildman–Crippen MR) is 91.3 cm³/mol. The third-order valence-electron chi connectivity index (χ3n) is 3.46. The number of rotatable bonds is 3. The van der Waals surface area contributed by atoms with Crippen molar-refractivity contribution in [3.63, 3.8) is 0 Å². The molecule has 7 heteroatoms. The third-order valence-corrected chi connectivity index (χ3v) is 6.79. The van der Waals surface area contributed by atoms with Crippen molar-refractivity contribution < 1.29 is 8.42 Å². The molecule has 1 atom stereocenters. The minimum Gasteiger partial charge on any atom is -0.207 e. The van der Waals surface area contributed by atoms with Gasteiger partial charge >= 0.3 is 0 Å². The summed E-state index contributed by atoms with van der Waals surface area (Å²) in [5, 5.41) is 0.559. The van der Waals surface area contributed by atoms with Gasteiger partial charge in [-0.05, 0) is 42.0 Å². The summed E-state index contributed by atoms with van der Waals surface area (Å²) >= 11 is 13.5. The summed E-state index contributed by atoms with van der Waals surface area (Å²) in [5.41, 5.74) is 1.02. The molecule has 22 heavy (non-hydrogen) atoms. The Morgan fingerprint density at radius 3 is 2.64 bits per heavy atom. The molecule has 3 nitrogen and oxygen atoms in total. The van der Waals surface area contributed by atoms with Crippen molar-refractivity contribution in [2.24, 2.45) is 0 Å². The van der Waals surface area contributed by atoms with E-state index in [-0.39, 0.29) is 16.0 Å². The van der Waals surface area contributed by atoms with Gasteiger partial charge in [0.25, 0.3) is 0 Å². The monoisotopic (exact) mass is 373 g/mol. The van der Waals surface area contributed by atoms with Crippen LogP contribution in [0.1, 0.15) is 18.0 Å². The lowest BCUT2D eigenvalue weighted by atomic mass is 10.1. The molecule has 0 aromatic heterocycles. The first-order valence-corrected chi connectivity index (χ1v) is 9.89. The van der Waals surface area contributed by atoms with Crippen molar-refractivity contribution in [3.05, 3.63) is 58.1 Å². The maximum Gasteiger partial charge on any atom is 0.241 e. The highest BCUT2D eigenvalue weighted by atomic mass is 35.5. The third kappa shape index (κ3) is 3.29. The van der Waals surface area contributed by atoms with Crippen LogP contribution in [-0.2, 0) is 10.0 Å². The van der Waals surface area contributed by atoms with Gasteiger partial charge in [-0.1, -0.05) is 41.4 Å². The van der Waals surface area contributed by atoms with Gasteiger partial charge in [-0.25, -0.2) is 13.1 Å². The quantitative estimate of drug-likeness (QED) is 0.860. The highest BCUT2D eigenvalue weighted by molar-refractivity contribution is 7.99. The molecule has 0 amide bonds. The van der Waals surface area contributed by atoms with E-state index in [1.54, 1.807) is 11.8 Å². The number of thioether (sulfide) groups is 1. The lowest BCUT2D eigenvalue weighted by molar-refractivity contribution is 0.546. The molecule has 0 fully saturated rings. The zero-order chi connectivity index (χ0) is 15.7. The first kappa shape index (κ1) is 16.1. The highest BCUT2D eigenvalue weighted by Gasteiger charge is 2.26. The van der Waals surface area contributed by atoms with E-state index >= 15 is 0 Å². The van der Waals surface area contributed by atoms with E-state index in [0.29, 0.717) is 5.02 Å². The number of fused-ring (bicyclic) bond motifs is 1. The van der Waals surface area contributed by atoms with E-state index < -0.39 is 10.0 Å². The number of nitrogens with one attached hydrogen (secondary N) is 1. The van der Waals surface area contributed by atoms with E-state index in [2.05, 4.69) is 4.72 Å². The minimum absolute atomic E-state index is 0.123. The second-order valence-corrected chi connectivity index (χ2v) is 8.59. The Kier molecular flexibility index (Phi) is 4.71. The Labute approximate surface area is 144 Å². The average Bonchev–Trinajstić information content (AvgIpc) is 2.50. The van der Waals surface area contributed by atoms with Crippen molar-refractivity contribution in [1.82, 2.24) is 4.72 Å². The summed E-state index contributed by atoms with van der Waals surface area (Å²) in [5.74, 6) is 0.881. The number of hydrogen-bond donors (Lipinski definition) is 1. The molecular formula is C15H13Cl2NO2S2. The van der Waals surface area contributed by atoms with Crippen LogP contribution in [0.5, 0.6) is 0 Å². The smallest absolute Gasteiger partial charge is 0.207 e. The van der Waals surface area contributed by atoms with E-state index in [0.717, 1.165) is 22.6 Å². The minimum atomic E-state index is -3.64. The highest BCUT2D eigenvalue weighted by Crippen LogP contribution is 2.36. The van der Waals surface area contributed by atoms with Gasteiger partial charge in [0.15, 0.2) is 0 Å². The Balaban J connectivity index is 1.91. The number of benzene rings is 2. The molecule has 116 valence electrons. The van der Waals surface area contributed by atoms with E-state index in [4.69, 9.17) is 23.2 Å². The van der Waals surface area contributed by atoms with Gasteiger partial charge < -0.3 is 0 Å². The fourth-order valence-electron chi connectivity index (χ4n) is 2.36. The first-order valence-electron chi connectivity index (χ1n) is 6.66. The van der Waals surface area contributed by atoms with E-state index in [1.165, 1.54) is 18.2 Å². The molecule has 2 aromatic rings. The Morgan fingerprint density at radius 1 is 1.09 bits per heavy atom. The normalized spacial score (nSPS) is 18.0. The van der Waals surface area contributed by atoms with Gasteiger partial charge in [0.05, 0.1) is 14.9 Å². The fourth-order valence-corrected chi connectivity index (χ4v) is 5.13. The molecule has 1 heterocycles. The van der Waals surface area contributed by atoms with Gasteiger partial charge in [0, 0.05) is 10.9 Å².